The summed E-state index contributed by atoms with van der Waals surface area (Å²) in [5, 5.41) is 14.0. The molecule has 27 heavy (non-hydrogen) atoms. The first-order valence-electron chi connectivity index (χ1n) is 8.19. The fourth-order valence-corrected chi connectivity index (χ4v) is 3.62. The molecule has 0 saturated heterocycles. The van der Waals surface area contributed by atoms with Crippen LogP contribution in [-0.2, 0) is 4.74 Å². The number of aromatic nitrogens is 3. The van der Waals surface area contributed by atoms with Gasteiger partial charge in [0.1, 0.15) is 5.75 Å². The zero-order chi connectivity index (χ0) is 18.8. The molecule has 3 aromatic rings. The number of ether oxygens (including phenoxy) is 2. The molecule has 2 aromatic carbocycles. The van der Waals surface area contributed by atoms with Gasteiger partial charge in [0.15, 0.2) is 5.82 Å². The molecule has 0 radical (unpaired) electrons. The summed E-state index contributed by atoms with van der Waals surface area (Å²) in [7, 11) is 2.99. The topological polar surface area (TPSA) is 78.6 Å². The predicted octanol–water partition coefficient (Wildman–Crippen LogP) is 3.10. The van der Waals surface area contributed by atoms with E-state index >= 15 is 0 Å². The number of fused-ring (bicyclic) bond motifs is 1. The molecule has 136 valence electrons. The van der Waals surface area contributed by atoms with E-state index in [0.29, 0.717) is 22.9 Å². The highest BCUT2D eigenvalue weighted by molar-refractivity contribution is 7.99. The number of benzene rings is 2. The van der Waals surface area contributed by atoms with Crippen molar-refractivity contribution < 1.29 is 14.3 Å². The van der Waals surface area contributed by atoms with Gasteiger partial charge in [0, 0.05) is 5.75 Å². The Kier molecular flexibility index (Phi) is 4.64. The van der Waals surface area contributed by atoms with Gasteiger partial charge in [-0.1, -0.05) is 36.0 Å². The third kappa shape index (κ3) is 3.19. The molecule has 4 rings (SSSR count). The van der Waals surface area contributed by atoms with E-state index in [2.05, 4.69) is 10.2 Å². The summed E-state index contributed by atoms with van der Waals surface area (Å²) < 4.78 is 11.9. The van der Waals surface area contributed by atoms with Crippen LogP contribution in [0.3, 0.4) is 0 Å². The quantitative estimate of drug-likeness (QED) is 0.647. The van der Waals surface area contributed by atoms with Crippen LogP contribution in [0.25, 0.3) is 11.4 Å². The molecule has 0 unspecified atom stereocenters. The number of nitrogens with zero attached hydrogens (tertiary/aromatic N) is 4. The summed E-state index contributed by atoms with van der Waals surface area (Å²) in [5.74, 6) is 1.64. The smallest absolute Gasteiger partial charge is 0.337 e. The van der Waals surface area contributed by atoms with Crippen molar-refractivity contribution >= 4 is 23.4 Å². The van der Waals surface area contributed by atoms with Crippen molar-refractivity contribution in [2.75, 3.05) is 20.0 Å². The second kappa shape index (κ2) is 7.24. The Morgan fingerprint density at radius 1 is 1.07 bits per heavy atom. The van der Waals surface area contributed by atoms with Gasteiger partial charge in [0.05, 0.1) is 31.1 Å². The molecule has 0 bridgehead atoms. The lowest BCUT2D eigenvalue weighted by Gasteiger charge is -2.15. The van der Waals surface area contributed by atoms with Gasteiger partial charge in [-0.15, -0.1) is 10.2 Å². The molecule has 7 nitrogen and oxygen atoms in total. The largest absolute Gasteiger partial charge is 0.496 e. The Morgan fingerprint density at radius 2 is 1.85 bits per heavy atom. The van der Waals surface area contributed by atoms with Crippen molar-refractivity contribution in [2.45, 2.75) is 5.16 Å². The zero-order valence-electron chi connectivity index (χ0n) is 14.7. The lowest BCUT2D eigenvalue weighted by Crippen LogP contribution is -2.14. The number of hydrogen-bond acceptors (Lipinski definition) is 7. The van der Waals surface area contributed by atoms with Gasteiger partial charge in [-0.3, -0.25) is 0 Å². The standard InChI is InChI=1S/C19H16N4O3S/c1-25-16-6-4-3-5-14(16)17-20-21-19-23(17)22-15(11-27-19)12-7-9-13(10-8-12)18(24)26-2/h3-10H,11H2,1-2H3. The zero-order valence-corrected chi connectivity index (χ0v) is 15.6. The van der Waals surface area contributed by atoms with Crippen LogP contribution in [0, 0.1) is 0 Å². The highest BCUT2D eigenvalue weighted by Gasteiger charge is 2.22. The summed E-state index contributed by atoms with van der Waals surface area (Å²) in [6, 6.07) is 14.8. The number of rotatable bonds is 4. The highest BCUT2D eigenvalue weighted by Crippen LogP contribution is 2.33. The summed E-state index contributed by atoms with van der Waals surface area (Å²) in [5.41, 5.74) is 3.13. The van der Waals surface area contributed by atoms with E-state index in [0.717, 1.165) is 22.0 Å². The molecular formula is C19H16N4O3S. The number of hydrogen-bond donors (Lipinski definition) is 0. The summed E-state index contributed by atoms with van der Waals surface area (Å²) in [6.45, 7) is 0. The molecule has 0 amide bonds. The monoisotopic (exact) mass is 380 g/mol. The Balaban J connectivity index is 1.73. The molecule has 8 heteroatoms. The molecule has 0 atom stereocenters. The van der Waals surface area contributed by atoms with Crippen LogP contribution in [0.1, 0.15) is 15.9 Å². The first-order valence-corrected chi connectivity index (χ1v) is 9.18. The normalized spacial score (nSPS) is 12.9. The van der Waals surface area contributed by atoms with Gasteiger partial charge >= 0.3 is 5.97 Å². The molecule has 2 heterocycles. The maximum Gasteiger partial charge on any atom is 0.337 e. The molecule has 1 aliphatic rings. The molecule has 0 fully saturated rings. The summed E-state index contributed by atoms with van der Waals surface area (Å²) in [4.78, 5) is 11.6. The minimum Gasteiger partial charge on any atom is -0.496 e. The van der Waals surface area contributed by atoms with Gasteiger partial charge in [-0.05, 0) is 29.8 Å². The van der Waals surface area contributed by atoms with Gasteiger partial charge < -0.3 is 9.47 Å². The van der Waals surface area contributed by atoms with Gasteiger partial charge in [-0.25, -0.2) is 4.79 Å². The lowest BCUT2D eigenvalue weighted by atomic mass is 10.1. The first kappa shape index (κ1) is 17.3. The van der Waals surface area contributed by atoms with E-state index < -0.39 is 0 Å². The maximum absolute atomic E-state index is 11.6. The van der Waals surface area contributed by atoms with E-state index in [1.165, 1.54) is 7.11 Å². The van der Waals surface area contributed by atoms with E-state index in [1.54, 1.807) is 35.7 Å². The molecule has 0 spiro atoms. The maximum atomic E-state index is 11.6. The minimum atomic E-state index is -0.360. The first-order chi connectivity index (χ1) is 13.2. The van der Waals surface area contributed by atoms with Gasteiger partial charge in [-0.2, -0.15) is 9.78 Å². The average molecular weight is 380 g/mol. The Labute approximate surface area is 160 Å². The molecule has 0 N–H and O–H groups in total. The number of carbonyl (C=O) groups is 1. The van der Waals surface area contributed by atoms with E-state index in [1.807, 2.05) is 36.4 Å². The van der Waals surface area contributed by atoms with Crippen molar-refractivity contribution in [3.05, 3.63) is 59.7 Å². The summed E-state index contributed by atoms with van der Waals surface area (Å²) in [6.07, 6.45) is 0. The van der Waals surface area contributed by atoms with Gasteiger partial charge in [0.2, 0.25) is 5.16 Å². The van der Waals surface area contributed by atoms with Crippen LogP contribution in [-0.4, -0.2) is 46.5 Å². The van der Waals surface area contributed by atoms with Crippen LogP contribution in [0.2, 0.25) is 0 Å². The third-order valence-electron chi connectivity index (χ3n) is 4.16. The highest BCUT2D eigenvalue weighted by atomic mass is 32.2. The van der Waals surface area contributed by atoms with Crippen LogP contribution in [0.5, 0.6) is 5.75 Å². The Morgan fingerprint density at radius 3 is 2.59 bits per heavy atom. The average Bonchev–Trinajstić information content (AvgIpc) is 3.16. The van der Waals surface area contributed by atoms with Crippen LogP contribution in [0.15, 0.2) is 58.8 Å². The second-order valence-corrected chi connectivity index (χ2v) is 6.67. The molecular weight excluding hydrogens is 364 g/mol. The van der Waals surface area contributed by atoms with Crippen molar-refractivity contribution in [1.29, 1.82) is 0 Å². The van der Waals surface area contributed by atoms with Crippen LogP contribution < -0.4 is 4.74 Å². The Hall–Kier alpha value is -3.13. The molecule has 0 aliphatic carbocycles. The number of methoxy groups -OCH3 is 2. The second-order valence-electron chi connectivity index (χ2n) is 5.72. The van der Waals surface area contributed by atoms with E-state index in [9.17, 15) is 4.79 Å². The lowest BCUT2D eigenvalue weighted by molar-refractivity contribution is 0.0600. The van der Waals surface area contributed by atoms with Crippen molar-refractivity contribution in [1.82, 2.24) is 14.9 Å². The van der Waals surface area contributed by atoms with Crippen LogP contribution >= 0.6 is 11.8 Å². The van der Waals surface area contributed by atoms with E-state index in [4.69, 9.17) is 14.6 Å². The van der Waals surface area contributed by atoms with Gasteiger partial charge in [0.25, 0.3) is 0 Å². The van der Waals surface area contributed by atoms with Crippen molar-refractivity contribution in [3.63, 3.8) is 0 Å². The fraction of sp³-hybridized carbons (Fsp3) is 0.158. The predicted molar refractivity (Wildman–Crippen MR) is 102 cm³/mol. The number of carbonyl (C=O) groups excluding carboxylic acids is 1. The Bertz CT molecular complexity index is 1030. The van der Waals surface area contributed by atoms with E-state index in [-0.39, 0.29) is 5.97 Å². The molecule has 1 aliphatic heterocycles. The number of thioether (sulfide) groups is 1. The SMILES string of the molecule is COC(=O)c1ccc(C2=Nn3c(nnc3-c3ccccc3OC)SC2)cc1. The third-order valence-corrected chi connectivity index (χ3v) is 5.09. The minimum absolute atomic E-state index is 0.360. The molecule has 0 saturated carbocycles. The van der Waals surface area contributed by atoms with Crippen molar-refractivity contribution in [3.8, 4) is 17.1 Å². The number of esters is 1. The fourth-order valence-electron chi connectivity index (χ4n) is 2.78. The summed E-state index contributed by atoms with van der Waals surface area (Å²) >= 11 is 1.56. The number of para-hydroxylation sites is 1. The van der Waals surface area contributed by atoms with Crippen molar-refractivity contribution in [2.24, 2.45) is 5.10 Å². The van der Waals surface area contributed by atoms with Crippen LogP contribution in [0.4, 0.5) is 0 Å². The molecule has 1 aromatic heterocycles.